The minimum absolute atomic E-state index is 0.0379. The third-order valence-corrected chi connectivity index (χ3v) is 2.42. The van der Waals surface area contributed by atoms with Gasteiger partial charge < -0.3 is 10.6 Å². The molecule has 0 aromatic carbocycles. The van der Waals surface area contributed by atoms with E-state index in [2.05, 4.69) is 4.98 Å². The Hall–Kier alpha value is -1.86. The number of halogens is 4. The zero-order chi connectivity index (χ0) is 14.6. The topological polar surface area (TPSA) is 59.2 Å². The van der Waals surface area contributed by atoms with E-state index in [-0.39, 0.29) is 6.54 Å². The molecule has 0 fully saturated rings. The van der Waals surface area contributed by atoms with Crippen LogP contribution >= 0.6 is 0 Å². The Balaban J connectivity index is 3.23. The lowest BCUT2D eigenvalue weighted by Gasteiger charge is -2.24. The number of pyridine rings is 1. The second-order valence-corrected chi connectivity index (χ2v) is 3.91. The van der Waals surface area contributed by atoms with Gasteiger partial charge in [-0.2, -0.15) is 22.5 Å². The Labute approximate surface area is 107 Å². The van der Waals surface area contributed by atoms with E-state index in [1.807, 2.05) is 6.92 Å². The summed E-state index contributed by atoms with van der Waals surface area (Å²) in [5, 5.41) is 0. The summed E-state index contributed by atoms with van der Waals surface area (Å²) in [4.78, 5) is 14.2. The monoisotopic (exact) mass is 279 g/mol. The molecule has 106 valence electrons. The van der Waals surface area contributed by atoms with Crippen molar-refractivity contribution in [1.82, 2.24) is 4.98 Å². The number of hydrogen-bond acceptors (Lipinski definition) is 3. The maximum absolute atomic E-state index is 13.5. The van der Waals surface area contributed by atoms with Crippen LogP contribution in [0.25, 0.3) is 0 Å². The van der Waals surface area contributed by atoms with Gasteiger partial charge >= 0.3 is 0 Å². The van der Waals surface area contributed by atoms with Crippen LogP contribution in [-0.4, -0.2) is 24.0 Å². The number of aromatic nitrogens is 1. The van der Waals surface area contributed by atoms with E-state index < -0.39 is 41.7 Å². The number of carbonyl (C=O) groups excluding carboxylic acids is 1. The van der Waals surface area contributed by atoms with E-state index in [0.717, 1.165) is 4.90 Å². The predicted octanol–water partition coefficient (Wildman–Crippen LogP) is 1.73. The Kier molecular flexibility index (Phi) is 5.08. The number of carbonyl (C=O) groups is 1. The lowest BCUT2D eigenvalue weighted by Crippen LogP contribution is -2.36. The van der Waals surface area contributed by atoms with Gasteiger partial charge in [-0.3, -0.25) is 4.79 Å². The lowest BCUT2D eigenvalue weighted by molar-refractivity contribution is -0.116. The van der Waals surface area contributed by atoms with Crippen LogP contribution in [0.1, 0.15) is 19.8 Å². The first-order valence-electron chi connectivity index (χ1n) is 5.61. The van der Waals surface area contributed by atoms with Crippen LogP contribution in [0.3, 0.4) is 0 Å². The van der Waals surface area contributed by atoms with Gasteiger partial charge in [0.15, 0.2) is 0 Å². The van der Waals surface area contributed by atoms with Gasteiger partial charge in [-0.25, -0.2) is 0 Å². The molecule has 1 aromatic heterocycles. The molecular weight excluding hydrogens is 266 g/mol. The minimum Gasteiger partial charge on any atom is -0.368 e. The number of unbranched alkanes of at least 4 members (excludes halogenated alkanes) is 1. The first-order valence-corrected chi connectivity index (χ1v) is 5.61. The second kappa shape index (κ2) is 6.35. The Bertz CT molecular complexity index is 455. The van der Waals surface area contributed by atoms with Gasteiger partial charge in [0.05, 0.1) is 6.54 Å². The third-order valence-electron chi connectivity index (χ3n) is 2.42. The Morgan fingerprint density at radius 1 is 1.21 bits per heavy atom. The second-order valence-electron chi connectivity index (χ2n) is 3.91. The fraction of sp³-hybridized carbons (Fsp3) is 0.455. The van der Waals surface area contributed by atoms with Crippen LogP contribution in [0.15, 0.2) is 0 Å². The molecule has 0 aliphatic carbocycles. The molecule has 0 unspecified atom stereocenters. The van der Waals surface area contributed by atoms with Gasteiger partial charge in [0, 0.05) is 6.54 Å². The van der Waals surface area contributed by atoms with E-state index in [0.29, 0.717) is 12.8 Å². The number of amides is 1. The Morgan fingerprint density at radius 3 is 2.16 bits per heavy atom. The van der Waals surface area contributed by atoms with Crippen LogP contribution < -0.4 is 10.6 Å². The molecule has 1 aromatic rings. The SMILES string of the molecule is CCCCN(CC(N)=O)c1c(F)c(F)nc(F)c1F. The van der Waals surface area contributed by atoms with Crippen molar-refractivity contribution in [3.8, 4) is 0 Å². The summed E-state index contributed by atoms with van der Waals surface area (Å²) in [5.74, 6) is -7.68. The molecule has 1 amide bonds. The molecule has 0 aliphatic heterocycles. The predicted molar refractivity (Wildman–Crippen MR) is 60.4 cm³/mol. The average molecular weight is 279 g/mol. The standard InChI is InChI=1S/C11H13F4N3O/c1-2-3-4-18(5-6(16)19)9-7(12)10(14)17-11(15)8(9)13/h2-5H2,1H3,(H2,16,19). The van der Waals surface area contributed by atoms with Crippen LogP contribution in [0.5, 0.6) is 0 Å². The maximum atomic E-state index is 13.5. The molecule has 0 saturated heterocycles. The van der Waals surface area contributed by atoms with Crippen molar-refractivity contribution < 1.29 is 22.4 Å². The highest BCUT2D eigenvalue weighted by Gasteiger charge is 2.25. The van der Waals surface area contributed by atoms with Gasteiger partial charge in [0.2, 0.25) is 17.5 Å². The zero-order valence-electron chi connectivity index (χ0n) is 10.2. The number of nitrogens with two attached hydrogens (primary N) is 1. The molecule has 0 aliphatic rings. The van der Waals surface area contributed by atoms with Crippen LogP contribution in [0.2, 0.25) is 0 Å². The molecule has 0 spiro atoms. The summed E-state index contributed by atoms with van der Waals surface area (Å²) in [6, 6.07) is 0. The van der Waals surface area contributed by atoms with E-state index in [1.165, 1.54) is 0 Å². The highest BCUT2D eigenvalue weighted by molar-refractivity contribution is 5.79. The van der Waals surface area contributed by atoms with E-state index in [4.69, 9.17) is 5.73 Å². The summed E-state index contributed by atoms with van der Waals surface area (Å²) in [6.45, 7) is 1.30. The fourth-order valence-corrected chi connectivity index (χ4v) is 1.56. The normalized spacial score (nSPS) is 10.6. The quantitative estimate of drug-likeness (QED) is 0.637. The molecule has 0 radical (unpaired) electrons. The van der Waals surface area contributed by atoms with Crippen molar-refractivity contribution in [3.63, 3.8) is 0 Å². The summed E-state index contributed by atoms with van der Waals surface area (Å²) in [6.07, 6.45) is 1.13. The minimum atomic E-state index is -1.76. The summed E-state index contributed by atoms with van der Waals surface area (Å²) in [5.41, 5.74) is 3.99. The lowest BCUT2D eigenvalue weighted by atomic mass is 10.2. The summed E-state index contributed by atoms with van der Waals surface area (Å²) >= 11 is 0. The molecule has 2 N–H and O–H groups in total. The largest absolute Gasteiger partial charge is 0.368 e. The molecule has 0 atom stereocenters. The van der Waals surface area contributed by atoms with Crippen molar-refractivity contribution in [2.45, 2.75) is 19.8 Å². The zero-order valence-corrected chi connectivity index (χ0v) is 10.2. The number of anilines is 1. The van der Waals surface area contributed by atoms with Gasteiger partial charge in [-0.15, -0.1) is 0 Å². The molecule has 8 heteroatoms. The van der Waals surface area contributed by atoms with E-state index in [1.54, 1.807) is 0 Å². The van der Waals surface area contributed by atoms with Gasteiger partial charge in [-0.1, -0.05) is 13.3 Å². The van der Waals surface area contributed by atoms with E-state index >= 15 is 0 Å². The molecule has 4 nitrogen and oxygen atoms in total. The van der Waals surface area contributed by atoms with Gasteiger partial charge in [0.1, 0.15) is 5.69 Å². The highest BCUT2D eigenvalue weighted by Crippen LogP contribution is 2.26. The first-order chi connectivity index (χ1) is 8.88. The fourth-order valence-electron chi connectivity index (χ4n) is 1.56. The van der Waals surface area contributed by atoms with Crippen molar-refractivity contribution >= 4 is 11.6 Å². The smallest absolute Gasteiger partial charge is 0.253 e. The number of primary amides is 1. The van der Waals surface area contributed by atoms with Crippen LogP contribution in [0.4, 0.5) is 23.2 Å². The average Bonchev–Trinajstić information content (AvgIpc) is 2.33. The van der Waals surface area contributed by atoms with E-state index in [9.17, 15) is 22.4 Å². The molecule has 1 rings (SSSR count). The summed E-state index contributed by atoms with van der Waals surface area (Å²) in [7, 11) is 0. The number of rotatable bonds is 6. The van der Waals surface area contributed by atoms with Crippen molar-refractivity contribution in [1.29, 1.82) is 0 Å². The molecule has 1 heterocycles. The number of hydrogen-bond donors (Lipinski definition) is 1. The third kappa shape index (κ3) is 3.55. The van der Waals surface area contributed by atoms with Crippen molar-refractivity contribution in [3.05, 3.63) is 23.5 Å². The van der Waals surface area contributed by atoms with Crippen molar-refractivity contribution in [2.75, 3.05) is 18.0 Å². The highest BCUT2D eigenvalue weighted by atomic mass is 19.2. The van der Waals surface area contributed by atoms with Gasteiger partial charge in [0.25, 0.3) is 11.9 Å². The first kappa shape index (κ1) is 15.2. The Morgan fingerprint density at radius 2 is 1.74 bits per heavy atom. The molecular formula is C11H13F4N3O. The summed E-state index contributed by atoms with van der Waals surface area (Å²) < 4.78 is 53.1. The molecule has 0 saturated carbocycles. The van der Waals surface area contributed by atoms with Gasteiger partial charge in [-0.05, 0) is 6.42 Å². The van der Waals surface area contributed by atoms with Crippen molar-refractivity contribution in [2.24, 2.45) is 5.73 Å². The molecule has 0 bridgehead atoms. The van der Waals surface area contributed by atoms with Crippen LogP contribution in [-0.2, 0) is 4.79 Å². The maximum Gasteiger partial charge on any atom is 0.253 e. The molecule has 19 heavy (non-hydrogen) atoms. The number of nitrogens with zero attached hydrogens (tertiary/aromatic N) is 2. The van der Waals surface area contributed by atoms with Crippen LogP contribution in [0, 0.1) is 23.5 Å².